The molecule has 0 amide bonds. The average Bonchev–Trinajstić information content (AvgIpc) is 3.13. The average molecular weight is 317 g/mol. The maximum atomic E-state index is 5.51. The molecule has 3 heterocycles. The minimum atomic E-state index is 0.744. The molecule has 0 unspecified atom stereocenters. The highest BCUT2D eigenvalue weighted by atomic mass is 32.1. The van der Waals surface area contributed by atoms with E-state index in [0.29, 0.717) is 0 Å². The summed E-state index contributed by atoms with van der Waals surface area (Å²) in [4.78, 5) is 9.90. The molecule has 0 radical (unpaired) electrons. The van der Waals surface area contributed by atoms with Crippen molar-refractivity contribution in [2.24, 2.45) is 5.92 Å². The molecule has 4 nitrogen and oxygen atoms in total. The quantitative estimate of drug-likeness (QED) is 0.870. The van der Waals surface area contributed by atoms with Crippen LogP contribution in [-0.4, -0.2) is 55.8 Å². The molecular weight excluding hydrogens is 294 g/mol. The number of fused-ring (bicyclic) bond motifs is 1. The third-order valence-electron chi connectivity index (χ3n) is 4.68. The normalized spacial score (nSPS) is 24.0. The number of nitrogens with zero attached hydrogens (tertiary/aromatic N) is 3. The van der Waals surface area contributed by atoms with E-state index in [4.69, 9.17) is 9.72 Å². The molecule has 1 aromatic heterocycles. The summed E-state index contributed by atoms with van der Waals surface area (Å²) in [6.07, 6.45) is 2.46. The van der Waals surface area contributed by atoms with Crippen molar-refractivity contribution in [3.8, 4) is 0 Å². The lowest BCUT2D eigenvalue weighted by molar-refractivity contribution is 0.169. The van der Waals surface area contributed by atoms with E-state index in [2.05, 4.69) is 34.1 Å². The molecule has 1 aromatic carbocycles. The Kier molecular flexibility index (Phi) is 4.28. The van der Waals surface area contributed by atoms with E-state index in [-0.39, 0.29) is 0 Å². The van der Waals surface area contributed by atoms with Crippen LogP contribution < -0.4 is 4.90 Å². The van der Waals surface area contributed by atoms with Crippen LogP contribution in [0.15, 0.2) is 24.3 Å². The van der Waals surface area contributed by atoms with Crippen LogP contribution in [0, 0.1) is 5.92 Å². The first kappa shape index (κ1) is 14.4. The first-order valence-corrected chi connectivity index (χ1v) is 9.11. The molecule has 0 saturated carbocycles. The summed E-state index contributed by atoms with van der Waals surface area (Å²) < 4.78 is 6.80. The van der Waals surface area contributed by atoms with Gasteiger partial charge in [0.15, 0.2) is 5.13 Å². The Morgan fingerprint density at radius 2 is 2.14 bits per heavy atom. The number of thiazole rings is 1. The summed E-state index contributed by atoms with van der Waals surface area (Å²) in [5.41, 5.74) is 1.13. The van der Waals surface area contributed by atoms with Crippen molar-refractivity contribution in [3.05, 3.63) is 24.3 Å². The molecule has 2 aliphatic rings. The van der Waals surface area contributed by atoms with Crippen LogP contribution in [0.2, 0.25) is 0 Å². The SMILES string of the molecule is c1ccc2sc(N3CCCN(C[C@@H]4CCOC4)CC3)nc2c1. The van der Waals surface area contributed by atoms with Gasteiger partial charge in [-0.05, 0) is 37.4 Å². The van der Waals surface area contributed by atoms with Gasteiger partial charge in [-0.15, -0.1) is 0 Å². The fraction of sp³-hybridized carbons (Fsp3) is 0.588. The van der Waals surface area contributed by atoms with Crippen molar-refractivity contribution >= 4 is 26.7 Å². The van der Waals surface area contributed by atoms with E-state index in [1.54, 1.807) is 0 Å². The first-order chi connectivity index (χ1) is 10.9. The van der Waals surface area contributed by atoms with E-state index in [9.17, 15) is 0 Å². The first-order valence-electron chi connectivity index (χ1n) is 8.29. The lowest BCUT2D eigenvalue weighted by atomic mass is 10.1. The Bertz CT molecular complexity index is 590. The summed E-state index contributed by atoms with van der Waals surface area (Å²) in [7, 11) is 0. The Labute approximate surface area is 135 Å². The molecule has 2 aromatic rings. The summed E-state index contributed by atoms with van der Waals surface area (Å²) in [5.74, 6) is 0.744. The Hall–Kier alpha value is -1.17. The van der Waals surface area contributed by atoms with Crippen LogP contribution >= 0.6 is 11.3 Å². The standard InChI is InChI=1S/C17H23N3OS/c1-2-5-16-15(4-1)18-17(22-16)20-8-3-7-19(9-10-20)12-14-6-11-21-13-14/h1-2,4-5,14H,3,6-13H2/t14-/m0/s1. The van der Waals surface area contributed by atoms with Crippen LogP contribution in [0.5, 0.6) is 0 Å². The van der Waals surface area contributed by atoms with Crippen molar-refractivity contribution in [2.45, 2.75) is 12.8 Å². The van der Waals surface area contributed by atoms with Gasteiger partial charge in [0.25, 0.3) is 0 Å². The van der Waals surface area contributed by atoms with Crippen LogP contribution in [0.4, 0.5) is 5.13 Å². The minimum absolute atomic E-state index is 0.744. The number of hydrogen-bond acceptors (Lipinski definition) is 5. The van der Waals surface area contributed by atoms with Crippen LogP contribution in [0.25, 0.3) is 10.2 Å². The van der Waals surface area contributed by atoms with Crippen molar-refractivity contribution in [1.82, 2.24) is 9.88 Å². The van der Waals surface area contributed by atoms with Gasteiger partial charge in [0.1, 0.15) is 0 Å². The van der Waals surface area contributed by atoms with Crippen molar-refractivity contribution in [1.29, 1.82) is 0 Å². The summed E-state index contributed by atoms with van der Waals surface area (Å²) in [6, 6.07) is 8.44. The van der Waals surface area contributed by atoms with Crippen molar-refractivity contribution in [3.63, 3.8) is 0 Å². The monoisotopic (exact) mass is 317 g/mol. The third kappa shape index (κ3) is 3.12. The van der Waals surface area contributed by atoms with Gasteiger partial charge in [-0.1, -0.05) is 23.5 Å². The number of aromatic nitrogens is 1. The number of benzene rings is 1. The second-order valence-corrected chi connectivity index (χ2v) is 7.34. The maximum absolute atomic E-state index is 5.51. The molecule has 4 rings (SSSR count). The molecule has 0 bridgehead atoms. The molecule has 2 aliphatic heterocycles. The molecule has 0 N–H and O–H groups in total. The number of para-hydroxylation sites is 1. The Morgan fingerprint density at radius 3 is 3.00 bits per heavy atom. The fourth-order valence-corrected chi connectivity index (χ4v) is 4.45. The van der Waals surface area contributed by atoms with Crippen molar-refractivity contribution in [2.75, 3.05) is 50.8 Å². The van der Waals surface area contributed by atoms with E-state index in [1.165, 1.54) is 35.8 Å². The van der Waals surface area contributed by atoms with Gasteiger partial charge in [-0.2, -0.15) is 0 Å². The van der Waals surface area contributed by atoms with Gasteiger partial charge in [-0.25, -0.2) is 4.98 Å². The minimum Gasteiger partial charge on any atom is -0.381 e. The molecule has 0 spiro atoms. The zero-order valence-electron chi connectivity index (χ0n) is 12.9. The number of rotatable bonds is 3. The van der Waals surface area contributed by atoms with E-state index in [1.807, 2.05) is 11.3 Å². The number of hydrogen-bond donors (Lipinski definition) is 0. The van der Waals surface area contributed by atoms with Gasteiger partial charge in [0, 0.05) is 32.8 Å². The zero-order chi connectivity index (χ0) is 14.8. The largest absolute Gasteiger partial charge is 0.381 e. The van der Waals surface area contributed by atoms with Gasteiger partial charge in [0.2, 0.25) is 0 Å². The zero-order valence-corrected chi connectivity index (χ0v) is 13.7. The predicted octanol–water partition coefficient (Wildman–Crippen LogP) is 2.84. The van der Waals surface area contributed by atoms with E-state index >= 15 is 0 Å². The Morgan fingerprint density at radius 1 is 1.18 bits per heavy atom. The highest BCUT2D eigenvalue weighted by Gasteiger charge is 2.22. The highest BCUT2D eigenvalue weighted by molar-refractivity contribution is 7.22. The molecule has 2 saturated heterocycles. The molecule has 22 heavy (non-hydrogen) atoms. The van der Waals surface area contributed by atoms with Gasteiger partial charge >= 0.3 is 0 Å². The third-order valence-corrected chi connectivity index (χ3v) is 5.78. The van der Waals surface area contributed by atoms with Crippen LogP contribution in [0.3, 0.4) is 0 Å². The molecular formula is C17H23N3OS. The molecule has 5 heteroatoms. The second-order valence-electron chi connectivity index (χ2n) is 6.33. The number of ether oxygens (including phenoxy) is 1. The predicted molar refractivity (Wildman–Crippen MR) is 91.8 cm³/mol. The smallest absolute Gasteiger partial charge is 0.186 e. The molecule has 1 atom stereocenters. The highest BCUT2D eigenvalue weighted by Crippen LogP contribution is 2.29. The van der Waals surface area contributed by atoms with E-state index < -0.39 is 0 Å². The molecule has 118 valence electrons. The molecule has 2 fully saturated rings. The number of anilines is 1. The lowest BCUT2D eigenvalue weighted by Crippen LogP contribution is -2.34. The van der Waals surface area contributed by atoms with Crippen molar-refractivity contribution < 1.29 is 4.74 Å². The maximum Gasteiger partial charge on any atom is 0.186 e. The topological polar surface area (TPSA) is 28.6 Å². The van der Waals surface area contributed by atoms with Crippen LogP contribution in [-0.2, 0) is 4.74 Å². The van der Waals surface area contributed by atoms with Crippen LogP contribution in [0.1, 0.15) is 12.8 Å². The summed E-state index contributed by atoms with van der Waals surface area (Å²) in [6.45, 7) is 7.68. The fourth-order valence-electron chi connectivity index (χ4n) is 3.43. The summed E-state index contributed by atoms with van der Waals surface area (Å²) in [5, 5.41) is 1.19. The van der Waals surface area contributed by atoms with E-state index in [0.717, 1.165) is 44.3 Å². The summed E-state index contributed by atoms with van der Waals surface area (Å²) >= 11 is 1.82. The van der Waals surface area contributed by atoms with Gasteiger partial charge in [-0.3, -0.25) is 0 Å². The Balaban J connectivity index is 1.41. The van der Waals surface area contributed by atoms with Gasteiger partial charge < -0.3 is 14.5 Å². The molecule has 0 aliphatic carbocycles. The second kappa shape index (κ2) is 6.52. The lowest BCUT2D eigenvalue weighted by Gasteiger charge is -2.23. The van der Waals surface area contributed by atoms with Gasteiger partial charge in [0.05, 0.1) is 16.8 Å².